The van der Waals surface area contributed by atoms with Gasteiger partial charge in [0.15, 0.2) is 5.96 Å². The smallest absolute Gasteiger partial charge is 0.246 e. The van der Waals surface area contributed by atoms with Crippen molar-refractivity contribution in [2.24, 2.45) is 4.99 Å². The van der Waals surface area contributed by atoms with Crippen molar-refractivity contribution in [1.29, 1.82) is 0 Å². The zero-order valence-electron chi connectivity index (χ0n) is 13.9. The summed E-state index contributed by atoms with van der Waals surface area (Å²) in [6, 6.07) is 5.66. The Morgan fingerprint density at radius 1 is 1.26 bits per heavy atom. The van der Waals surface area contributed by atoms with Crippen LogP contribution in [0, 0.1) is 5.82 Å². The Bertz CT molecular complexity index is 493. The molecule has 0 aliphatic rings. The van der Waals surface area contributed by atoms with Gasteiger partial charge in [-0.25, -0.2) is 9.38 Å². The molecule has 0 unspecified atom stereocenters. The lowest BCUT2D eigenvalue weighted by Crippen LogP contribution is -2.40. The monoisotopic (exact) mass is 436 g/mol. The van der Waals surface area contributed by atoms with E-state index in [0.717, 1.165) is 25.9 Å². The molecule has 0 saturated heterocycles. The van der Waals surface area contributed by atoms with Gasteiger partial charge in [-0.05, 0) is 37.6 Å². The van der Waals surface area contributed by atoms with Gasteiger partial charge in [-0.15, -0.1) is 24.0 Å². The number of unbranched alkanes of at least 4 members (excludes halogenated alkanes) is 1. The second kappa shape index (κ2) is 12.1. The lowest BCUT2D eigenvalue weighted by atomic mass is 10.3. The summed E-state index contributed by atoms with van der Waals surface area (Å²) in [6.07, 6.45) is 2.18. The number of benzene rings is 1. The number of carbonyl (C=O) groups is 1. The van der Waals surface area contributed by atoms with Crippen molar-refractivity contribution in [2.75, 3.05) is 32.0 Å². The topological polar surface area (TPSA) is 56.7 Å². The Kier molecular flexibility index (Phi) is 11.4. The number of halogens is 2. The van der Waals surface area contributed by atoms with Crippen molar-refractivity contribution in [3.8, 4) is 0 Å². The number of carbonyl (C=O) groups excluding carboxylic acids is 1. The van der Waals surface area contributed by atoms with Crippen LogP contribution in [-0.2, 0) is 4.79 Å². The highest BCUT2D eigenvalue weighted by atomic mass is 127. The Labute approximate surface area is 154 Å². The van der Waals surface area contributed by atoms with Crippen molar-refractivity contribution in [2.45, 2.75) is 26.7 Å². The summed E-state index contributed by atoms with van der Waals surface area (Å²) in [5.74, 6) is 0.152. The van der Waals surface area contributed by atoms with E-state index in [4.69, 9.17) is 0 Å². The average molecular weight is 436 g/mol. The fourth-order valence-corrected chi connectivity index (χ4v) is 1.85. The third-order valence-corrected chi connectivity index (χ3v) is 3.04. The molecule has 1 rings (SSSR count). The molecule has 130 valence electrons. The van der Waals surface area contributed by atoms with Gasteiger partial charge in [0.25, 0.3) is 0 Å². The highest BCUT2D eigenvalue weighted by Gasteiger charge is 2.07. The van der Waals surface area contributed by atoms with Crippen LogP contribution in [0.2, 0.25) is 0 Å². The second-order valence-electron chi connectivity index (χ2n) is 5.00. The first kappa shape index (κ1) is 21.6. The van der Waals surface area contributed by atoms with Crippen LogP contribution in [0.5, 0.6) is 0 Å². The first-order valence-corrected chi connectivity index (χ1v) is 7.61. The minimum atomic E-state index is -0.331. The zero-order chi connectivity index (χ0) is 16.4. The van der Waals surface area contributed by atoms with Gasteiger partial charge in [0, 0.05) is 25.8 Å². The minimum absolute atomic E-state index is 0. The lowest BCUT2D eigenvalue weighted by Gasteiger charge is -2.21. The van der Waals surface area contributed by atoms with Gasteiger partial charge in [-0.2, -0.15) is 0 Å². The summed E-state index contributed by atoms with van der Waals surface area (Å²) in [6.45, 7) is 5.78. The Morgan fingerprint density at radius 3 is 2.48 bits per heavy atom. The number of anilines is 1. The number of guanidine groups is 1. The van der Waals surface area contributed by atoms with Crippen LogP contribution >= 0.6 is 24.0 Å². The van der Waals surface area contributed by atoms with E-state index in [1.807, 2.05) is 18.9 Å². The largest absolute Gasteiger partial charge is 0.357 e. The molecular weight excluding hydrogens is 410 g/mol. The first-order valence-electron chi connectivity index (χ1n) is 7.61. The number of rotatable bonds is 7. The summed E-state index contributed by atoms with van der Waals surface area (Å²) in [5, 5.41) is 5.85. The lowest BCUT2D eigenvalue weighted by molar-refractivity contribution is -0.114. The van der Waals surface area contributed by atoms with E-state index in [-0.39, 0.29) is 42.2 Å². The number of nitrogens with one attached hydrogen (secondary N) is 2. The Hall–Kier alpha value is -1.38. The van der Waals surface area contributed by atoms with Crippen molar-refractivity contribution < 1.29 is 9.18 Å². The van der Waals surface area contributed by atoms with Crippen LogP contribution in [0.25, 0.3) is 0 Å². The maximum Gasteiger partial charge on any atom is 0.246 e. The number of hydrogen-bond acceptors (Lipinski definition) is 2. The van der Waals surface area contributed by atoms with Gasteiger partial charge in [0.05, 0.1) is 0 Å². The summed E-state index contributed by atoms with van der Waals surface area (Å²) in [7, 11) is 1.95. The van der Waals surface area contributed by atoms with Crippen LogP contribution in [0.1, 0.15) is 26.7 Å². The predicted octanol–water partition coefficient (Wildman–Crippen LogP) is 3.08. The van der Waals surface area contributed by atoms with Crippen molar-refractivity contribution >= 4 is 41.5 Å². The molecule has 0 atom stereocenters. The molecular formula is C16H26FIN4O. The van der Waals surface area contributed by atoms with Crippen molar-refractivity contribution in [3.05, 3.63) is 30.1 Å². The molecule has 0 spiro atoms. The molecule has 5 nitrogen and oxygen atoms in total. The Balaban J connectivity index is 0.00000484. The SMILES string of the molecule is CCCCN(C)C(=NCC(=O)Nc1ccc(F)cc1)NCC.I. The highest BCUT2D eigenvalue weighted by Crippen LogP contribution is 2.07. The molecule has 0 aliphatic carbocycles. The summed E-state index contributed by atoms with van der Waals surface area (Å²) < 4.78 is 12.8. The van der Waals surface area contributed by atoms with Gasteiger partial charge in [-0.3, -0.25) is 4.79 Å². The number of nitrogens with zero attached hydrogens (tertiary/aromatic N) is 2. The molecule has 0 aliphatic heterocycles. The van der Waals surface area contributed by atoms with Gasteiger partial charge >= 0.3 is 0 Å². The minimum Gasteiger partial charge on any atom is -0.357 e. The quantitative estimate of drug-likeness (QED) is 0.393. The molecule has 0 fully saturated rings. The van der Waals surface area contributed by atoms with Crippen LogP contribution in [-0.4, -0.2) is 43.4 Å². The highest BCUT2D eigenvalue weighted by molar-refractivity contribution is 14.0. The fraction of sp³-hybridized carbons (Fsp3) is 0.500. The van der Waals surface area contributed by atoms with Gasteiger partial charge in [0.2, 0.25) is 5.91 Å². The summed E-state index contributed by atoms with van der Waals surface area (Å²) in [5.41, 5.74) is 0.561. The standard InChI is InChI=1S/C16H25FN4O.HI/c1-4-6-11-21(3)16(18-5-2)19-12-15(22)20-14-9-7-13(17)8-10-14;/h7-10H,4-6,11-12H2,1-3H3,(H,18,19)(H,20,22);1H. The van der Waals surface area contributed by atoms with E-state index < -0.39 is 0 Å². The molecule has 0 aromatic heterocycles. The second-order valence-corrected chi connectivity index (χ2v) is 5.00. The molecule has 0 bridgehead atoms. The van der Waals surface area contributed by atoms with Gasteiger partial charge in [-0.1, -0.05) is 13.3 Å². The first-order chi connectivity index (χ1) is 10.6. The molecule has 1 aromatic carbocycles. The maximum atomic E-state index is 12.8. The van der Waals surface area contributed by atoms with Gasteiger partial charge in [0.1, 0.15) is 12.4 Å². The number of amides is 1. The number of hydrogen-bond donors (Lipinski definition) is 2. The van der Waals surface area contributed by atoms with E-state index in [1.54, 1.807) is 0 Å². The van der Waals surface area contributed by atoms with E-state index in [1.165, 1.54) is 24.3 Å². The van der Waals surface area contributed by atoms with Crippen molar-refractivity contribution in [3.63, 3.8) is 0 Å². The normalized spacial score (nSPS) is 10.7. The maximum absolute atomic E-state index is 12.8. The van der Waals surface area contributed by atoms with E-state index in [2.05, 4.69) is 22.5 Å². The van der Waals surface area contributed by atoms with E-state index in [9.17, 15) is 9.18 Å². The van der Waals surface area contributed by atoms with Crippen LogP contribution in [0.4, 0.5) is 10.1 Å². The molecule has 2 N–H and O–H groups in total. The fourth-order valence-electron chi connectivity index (χ4n) is 1.85. The number of aliphatic imine (C=N–C) groups is 1. The van der Waals surface area contributed by atoms with E-state index >= 15 is 0 Å². The summed E-state index contributed by atoms with van der Waals surface area (Å²) >= 11 is 0. The molecule has 0 heterocycles. The zero-order valence-corrected chi connectivity index (χ0v) is 16.3. The molecule has 0 radical (unpaired) electrons. The van der Waals surface area contributed by atoms with Crippen LogP contribution < -0.4 is 10.6 Å². The van der Waals surface area contributed by atoms with Crippen LogP contribution in [0.3, 0.4) is 0 Å². The Morgan fingerprint density at radius 2 is 1.91 bits per heavy atom. The van der Waals surface area contributed by atoms with Gasteiger partial charge < -0.3 is 15.5 Å². The predicted molar refractivity (Wildman–Crippen MR) is 104 cm³/mol. The average Bonchev–Trinajstić information content (AvgIpc) is 2.51. The third kappa shape index (κ3) is 8.73. The van der Waals surface area contributed by atoms with E-state index in [0.29, 0.717) is 11.6 Å². The third-order valence-electron chi connectivity index (χ3n) is 3.04. The molecule has 1 aromatic rings. The molecule has 1 amide bonds. The van der Waals surface area contributed by atoms with Crippen molar-refractivity contribution in [1.82, 2.24) is 10.2 Å². The molecule has 7 heteroatoms. The van der Waals surface area contributed by atoms with Crippen LogP contribution in [0.15, 0.2) is 29.3 Å². The summed E-state index contributed by atoms with van der Waals surface area (Å²) in [4.78, 5) is 18.2. The molecule has 0 saturated carbocycles. The molecule has 23 heavy (non-hydrogen) atoms.